The van der Waals surface area contributed by atoms with Gasteiger partial charge in [-0.1, -0.05) is 11.6 Å². The number of nitrogens with zero attached hydrogens (tertiary/aromatic N) is 2. The van der Waals surface area contributed by atoms with Crippen molar-refractivity contribution < 1.29 is 23.4 Å². The first-order valence-electron chi connectivity index (χ1n) is 9.77. The molecule has 0 fully saturated rings. The van der Waals surface area contributed by atoms with Crippen LogP contribution in [0.25, 0.3) is 11.0 Å². The molecule has 2 aromatic carbocycles. The van der Waals surface area contributed by atoms with Crippen molar-refractivity contribution in [1.29, 1.82) is 0 Å². The van der Waals surface area contributed by atoms with Crippen LogP contribution >= 0.6 is 22.9 Å². The van der Waals surface area contributed by atoms with Gasteiger partial charge in [-0.05, 0) is 35.9 Å². The van der Waals surface area contributed by atoms with Gasteiger partial charge in [0.15, 0.2) is 22.1 Å². The molecule has 3 heterocycles. The van der Waals surface area contributed by atoms with Crippen LogP contribution in [0.1, 0.15) is 27.7 Å². The number of halogens is 1. The molecule has 5 rings (SSSR count). The van der Waals surface area contributed by atoms with E-state index in [2.05, 4.69) is 4.98 Å². The lowest BCUT2D eigenvalue weighted by Crippen LogP contribution is -2.29. The molecule has 0 spiro atoms. The maximum absolute atomic E-state index is 13.6. The Morgan fingerprint density at radius 2 is 1.79 bits per heavy atom. The number of rotatable bonds is 5. The molecule has 1 atom stereocenters. The lowest BCUT2D eigenvalue weighted by atomic mass is 9.98. The molecule has 1 unspecified atom stereocenters. The highest BCUT2D eigenvalue weighted by molar-refractivity contribution is 7.13. The molecule has 1 aliphatic rings. The number of hydrogen-bond acceptors (Lipinski definition) is 8. The molecule has 0 saturated carbocycles. The normalized spacial score (nSPS) is 15.1. The first-order chi connectivity index (χ1) is 16.0. The Morgan fingerprint density at radius 3 is 2.39 bits per heavy atom. The zero-order chi connectivity index (χ0) is 23.3. The van der Waals surface area contributed by atoms with Crippen molar-refractivity contribution in [1.82, 2.24) is 4.98 Å². The van der Waals surface area contributed by atoms with Crippen molar-refractivity contribution >= 4 is 44.9 Å². The Morgan fingerprint density at radius 1 is 1.06 bits per heavy atom. The lowest BCUT2D eigenvalue weighted by molar-refractivity contribution is 0.0971. The fourth-order valence-corrected chi connectivity index (χ4v) is 4.89. The minimum absolute atomic E-state index is 0.0382. The summed E-state index contributed by atoms with van der Waals surface area (Å²) >= 11 is 7.41. The van der Waals surface area contributed by atoms with Gasteiger partial charge in [-0.3, -0.25) is 14.5 Å². The second kappa shape index (κ2) is 8.09. The minimum Gasteiger partial charge on any atom is -0.493 e. The Hall–Kier alpha value is -3.56. The number of aromatic nitrogens is 1. The van der Waals surface area contributed by atoms with Gasteiger partial charge in [-0.25, -0.2) is 4.98 Å². The molecule has 1 aliphatic heterocycles. The van der Waals surface area contributed by atoms with Gasteiger partial charge in [0, 0.05) is 16.6 Å². The van der Waals surface area contributed by atoms with Crippen LogP contribution in [0.15, 0.2) is 51.1 Å². The number of amides is 1. The predicted octanol–water partition coefficient (Wildman–Crippen LogP) is 4.68. The largest absolute Gasteiger partial charge is 0.493 e. The van der Waals surface area contributed by atoms with E-state index in [-0.39, 0.29) is 27.7 Å². The van der Waals surface area contributed by atoms with E-state index in [0.29, 0.717) is 33.0 Å². The molecule has 1 amide bonds. The maximum atomic E-state index is 13.6. The fourth-order valence-electron chi connectivity index (χ4n) is 4.05. The van der Waals surface area contributed by atoms with E-state index < -0.39 is 11.9 Å². The topological polar surface area (TPSA) is 91.1 Å². The van der Waals surface area contributed by atoms with Crippen LogP contribution in [0.2, 0.25) is 5.02 Å². The average molecular weight is 485 g/mol. The second-order valence-corrected chi connectivity index (χ2v) is 8.47. The fraction of sp³-hybridized carbons (Fsp3) is 0.174. The van der Waals surface area contributed by atoms with Crippen LogP contribution in [0.5, 0.6) is 17.2 Å². The molecule has 0 saturated heterocycles. The quantitative estimate of drug-likeness (QED) is 0.406. The van der Waals surface area contributed by atoms with Crippen LogP contribution in [-0.4, -0.2) is 32.2 Å². The van der Waals surface area contributed by atoms with E-state index in [1.54, 1.807) is 35.8 Å². The van der Waals surface area contributed by atoms with Crippen molar-refractivity contribution in [3.05, 3.63) is 74.0 Å². The van der Waals surface area contributed by atoms with Crippen molar-refractivity contribution in [3.8, 4) is 17.2 Å². The molecule has 33 heavy (non-hydrogen) atoms. The number of carbonyl (C=O) groups excluding carboxylic acids is 1. The van der Waals surface area contributed by atoms with Crippen molar-refractivity contribution in [2.24, 2.45) is 0 Å². The monoisotopic (exact) mass is 484 g/mol. The molecule has 0 radical (unpaired) electrons. The second-order valence-electron chi connectivity index (χ2n) is 7.17. The number of carbonyl (C=O) groups is 1. The summed E-state index contributed by atoms with van der Waals surface area (Å²) in [5.41, 5.74) is 0.695. The maximum Gasteiger partial charge on any atom is 0.297 e. The summed E-state index contributed by atoms with van der Waals surface area (Å²) in [5, 5.41) is 2.85. The number of anilines is 1. The van der Waals surface area contributed by atoms with Crippen LogP contribution in [0.4, 0.5) is 5.13 Å². The first-order valence-corrected chi connectivity index (χ1v) is 11.0. The third-order valence-corrected chi connectivity index (χ3v) is 6.47. The average Bonchev–Trinajstić information content (AvgIpc) is 3.45. The third-order valence-electron chi connectivity index (χ3n) is 5.46. The van der Waals surface area contributed by atoms with Gasteiger partial charge in [0.2, 0.25) is 11.5 Å². The highest BCUT2D eigenvalue weighted by Crippen LogP contribution is 2.46. The molecule has 0 N–H and O–H groups in total. The van der Waals surface area contributed by atoms with Crippen molar-refractivity contribution in [2.75, 3.05) is 26.2 Å². The standard InChI is InChI=1S/C23H17ClN2O6S/c1-29-15-8-11(9-16(30-2)20(15)31-3)18-17-19(27)13-10-12(24)4-5-14(13)32-21(17)22(28)26(18)23-25-6-7-33-23/h4-10,18H,1-3H3. The van der Waals surface area contributed by atoms with Crippen molar-refractivity contribution in [2.45, 2.75) is 6.04 Å². The van der Waals surface area contributed by atoms with E-state index >= 15 is 0 Å². The lowest BCUT2D eigenvalue weighted by Gasteiger charge is -2.24. The van der Waals surface area contributed by atoms with E-state index in [1.807, 2.05) is 0 Å². The van der Waals surface area contributed by atoms with Gasteiger partial charge in [0.05, 0.1) is 38.3 Å². The summed E-state index contributed by atoms with van der Waals surface area (Å²) in [6.07, 6.45) is 1.59. The number of benzene rings is 2. The Kier molecular flexibility index (Phi) is 5.22. The third kappa shape index (κ3) is 3.23. The van der Waals surface area contributed by atoms with Crippen LogP contribution in [0, 0.1) is 0 Å². The van der Waals surface area contributed by atoms with E-state index in [0.717, 1.165) is 0 Å². The Labute approximate surface area is 196 Å². The number of hydrogen-bond donors (Lipinski definition) is 0. The van der Waals surface area contributed by atoms with Crippen molar-refractivity contribution in [3.63, 3.8) is 0 Å². The first kappa shape index (κ1) is 21.3. The van der Waals surface area contributed by atoms with Gasteiger partial charge in [-0.2, -0.15) is 0 Å². The number of methoxy groups -OCH3 is 3. The van der Waals surface area contributed by atoms with Crippen LogP contribution < -0.4 is 24.5 Å². The number of thiazole rings is 1. The molecular weight excluding hydrogens is 468 g/mol. The van der Waals surface area contributed by atoms with Gasteiger partial charge < -0.3 is 18.6 Å². The summed E-state index contributed by atoms with van der Waals surface area (Å²) < 4.78 is 22.3. The summed E-state index contributed by atoms with van der Waals surface area (Å²) in [7, 11) is 4.50. The summed E-state index contributed by atoms with van der Waals surface area (Å²) in [6, 6.07) is 7.30. The molecule has 8 nitrogen and oxygen atoms in total. The molecule has 0 aliphatic carbocycles. The smallest absolute Gasteiger partial charge is 0.297 e. The summed E-state index contributed by atoms with van der Waals surface area (Å²) in [4.78, 5) is 32.9. The highest BCUT2D eigenvalue weighted by Gasteiger charge is 2.45. The van der Waals surface area contributed by atoms with Gasteiger partial charge >= 0.3 is 0 Å². The SMILES string of the molecule is COc1cc(C2c3c(oc4ccc(Cl)cc4c3=O)C(=O)N2c2nccs2)cc(OC)c1OC. The zero-order valence-corrected chi connectivity index (χ0v) is 19.3. The summed E-state index contributed by atoms with van der Waals surface area (Å²) in [6.45, 7) is 0. The zero-order valence-electron chi connectivity index (χ0n) is 17.7. The highest BCUT2D eigenvalue weighted by atomic mass is 35.5. The minimum atomic E-state index is -0.827. The van der Waals surface area contributed by atoms with Gasteiger partial charge in [0.1, 0.15) is 5.58 Å². The van der Waals surface area contributed by atoms with Gasteiger partial charge in [0.25, 0.3) is 5.91 Å². The molecule has 4 aromatic rings. The molecule has 10 heteroatoms. The summed E-state index contributed by atoms with van der Waals surface area (Å²) in [5.74, 6) is 0.669. The van der Waals surface area contributed by atoms with Gasteiger partial charge in [-0.15, -0.1) is 11.3 Å². The number of fused-ring (bicyclic) bond motifs is 2. The molecular formula is C23H17ClN2O6S. The molecule has 168 valence electrons. The predicted molar refractivity (Wildman–Crippen MR) is 124 cm³/mol. The number of ether oxygens (including phenoxy) is 3. The Bertz CT molecular complexity index is 1420. The van der Waals surface area contributed by atoms with E-state index in [9.17, 15) is 9.59 Å². The van der Waals surface area contributed by atoms with Crippen LogP contribution in [-0.2, 0) is 0 Å². The van der Waals surface area contributed by atoms with Crippen LogP contribution in [0.3, 0.4) is 0 Å². The van der Waals surface area contributed by atoms with E-state index in [4.69, 9.17) is 30.2 Å². The molecule has 0 bridgehead atoms. The molecule has 2 aromatic heterocycles. The van der Waals surface area contributed by atoms with E-state index in [1.165, 1.54) is 43.6 Å². The Balaban J connectivity index is 1.84.